The van der Waals surface area contributed by atoms with Crippen molar-refractivity contribution in [3.05, 3.63) is 69.2 Å². The lowest BCUT2D eigenvalue weighted by Gasteiger charge is -2.09. The maximum Gasteiger partial charge on any atom is 0.262 e. The highest BCUT2D eigenvalue weighted by Crippen LogP contribution is 2.29. The van der Waals surface area contributed by atoms with Crippen LogP contribution in [0.2, 0.25) is 5.02 Å². The number of aromatic nitrogens is 4. The molecular weight excluding hydrogens is 356 g/mol. The Bertz CT molecular complexity index is 1170. The van der Waals surface area contributed by atoms with E-state index in [-0.39, 0.29) is 5.56 Å². The van der Waals surface area contributed by atoms with Gasteiger partial charge in [0.1, 0.15) is 5.82 Å². The Morgan fingerprint density at radius 2 is 1.96 bits per heavy atom. The van der Waals surface area contributed by atoms with Gasteiger partial charge in [-0.3, -0.25) is 13.8 Å². The summed E-state index contributed by atoms with van der Waals surface area (Å²) >= 11 is 7.83. The zero-order valence-corrected chi connectivity index (χ0v) is 15.3. The van der Waals surface area contributed by atoms with Gasteiger partial charge in [-0.1, -0.05) is 35.4 Å². The molecule has 5 nitrogen and oxygen atoms in total. The lowest BCUT2D eigenvalue weighted by atomic mass is 10.1. The summed E-state index contributed by atoms with van der Waals surface area (Å²) in [5, 5.41) is 9.90. The average Bonchev–Trinajstić information content (AvgIpc) is 3.03. The fraction of sp³-hybridized carbons (Fsp3) is 0.167. The Morgan fingerprint density at radius 1 is 1.16 bits per heavy atom. The van der Waals surface area contributed by atoms with E-state index in [0.717, 1.165) is 21.8 Å². The van der Waals surface area contributed by atoms with Crippen LogP contribution in [-0.2, 0) is 12.8 Å². The van der Waals surface area contributed by atoms with Gasteiger partial charge in [-0.25, -0.2) is 0 Å². The van der Waals surface area contributed by atoms with Crippen molar-refractivity contribution < 1.29 is 0 Å². The number of nitrogens with zero attached hydrogens (tertiary/aromatic N) is 4. The van der Waals surface area contributed by atoms with Crippen molar-refractivity contribution in [2.75, 3.05) is 0 Å². The summed E-state index contributed by atoms with van der Waals surface area (Å²) in [4.78, 5) is 13.6. The number of fused-ring (bicyclic) bond motifs is 3. The van der Waals surface area contributed by atoms with Gasteiger partial charge in [-0.15, -0.1) is 22.0 Å². The zero-order chi connectivity index (χ0) is 17.6. The van der Waals surface area contributed by atoms with E-state index < -0.39 is 0 Å². The van der Waals surface area contributed by atoms with Gasteiger partial charge in [0.25, 0.3) is 5.56 Å². The lowest BCUT2D eigenvalue weighted by Crippen LogP contribution is -2.20. The van der Waals surface area contributed by atoms with Gasteiger partial charge in [0, 0.05) is 11.9 Å². The number of hydrogen-bond acceptors (Lipinski definition) is 4. The molecule has 0 saturated carbocycles. The molecular formula is C18H15ClN4OS. The predicted molar refractivity (Wildman–Crippen MR) is 101 cm³/mol. The molecule has 0 aliphatic heterocycles. The molecule has 0 unspecified atom stereocenters. The second-order valence-corrected chi connectivity index (χ2v) is 7.28. The van der Waals surface area contributed by atoms with E-state index in [2.05, 4.69) is 10.2 Å². The second-order valence-electron chi connectivity index (χ2n) is 5.86. The number of halogens is 1. The molecule has 2 aromatic heterocycles. The molecule has 7 heteroatoms. The summed E-state index contributed by atoms with van der Waals surface area (Å²) in [6.07, 6.45) is 0. The van der Waals surface area contributed by atoms with Crippen molar-refractivity contribution in [1.29, 1.82) is 0 Å². The standard InChI is InChI=1S/C18H15ClN4OS/c1-11-7-8-14-12(9-11)17(24)22(2)18-21-20-16(23(14)18)10-25-15-6-4-3-5-13(15)19/h3-9H,10H2,1-2H3. The van der Waals surface area contributed by atoms with Crippen LogP contribution < -0.4 is 5.56 Å². The van der Waals surface area contributed by atoms with Crippen molar-refractivity contribution in [3.8, 4) is 0 Å². The molecule has 0 aliphatic rings. The maximum atomic E-state index is 12.6. The van der Waals surface area contributed by atoms with Crippen LogP contribution in [0.4, 0.5) is 0 Å². The fourth-order valence-electron chi connectivity index (χ4n) is 2.86. The highest BCUT2D eigenvalue weighted by molar-refractivity contribution is 7.98. The summed E-state index contributed by atoms with van der Waals surface area (Å²) in [7, 11) is 1.72. The first-order chi connectivity index (χ1) is 12.1. The van der Waals surface area contributed by atoms with Crippen LogP contribution in [0.3, 0.4) is 0 Å². The first-order valence-corrected chi connectivity index (χ1v) is 9.13. The zero-order valence-electron chi connectivity index (χ0n) is 13.7. The average molecular weight is 371 g/mol. The highest BCUT2D eigenvalue weighted by atomic mass is 35.5. The van der Waals surface area contributed by atoms with Gasteiger partial charge in [0.15, 0.2) is 0 Å². The normalized spacial score (nSPS) is 11.5. The van der Waals surface area contributed by atoms with Crippen molar-refractivity contribution in [3.63, 3.8) is 0 Å². The molecule has 4 rings (SSSR count). The molecule has 0 bridgehead atoms. The number of aryl methyl sites for hydroxylation is 2. The van der Waals surface area contributed by atoms with Crippen molar-refractivity contribution >= 4 is 40.0 Å². The third-order valence-electron chi connectivity index (χ3n) is 4.13. The number of hydrogen-bond donors (Lipinski definition) is 0. The minimum Gasteiger partial charge on any atom is -0.279 e. The van der Waals surface area contributed by atoms with Crippen molar-refractivity contribution in [2.24, 2.45) is 7.05 Å². The lowest BCUT2D eigenvalue weighted by molar-refractivity contribution is 0.857. The first-order valence-electron chi connectivity index (χ1n) is 7.77. The maximum absolute atomic E-state index is 12.6. The van der Waals surface area contributed by atoms with Gasteiger partial charge in [0.2, 0.25) is 5.78 Å². The predicted octanol–water partition coefficient (Wildman–Crippen LogP) is 3.84. The van der Waals surface area contributed by atoms with E-state index in [9.17, 15) is 4.79 Å². The van der Waals surface area contributed by atoms with E-state index in [1.54, 1.807) is 23.4 Å². The molecule has 0 amide bonds. The number of benzene rings is 2. The number of rotatable bonds is 3. The SMILES string of the molecule is Cc1ccc2c(c1)c(=O)n(C)c1nnc(CSc3ccccc3Cl)n21. The van der Waals surface area contributed by atoms with E-state index in [4.69, 9.17) is 11.6 Å². The first kappa shape index (κ1) is 16.2. The summed E-state index contributed by atoms with van der Waals surface area (Å²) in [6, 6.07) is 13.6. The van der Waals surface area contributed by atoms with E-state index in [0.29, 0.717) is 21.9 Å². The molecule has 126 valence electrons. The molecule has 4 aromatic rings. The summed E-state index contributed by atoms with van der Waals surface area (Å²) < 4.78 is 3.48. The largest absolute Gasteiger partial charge is 0.279 e. The molecule has 0 saturated heterocycles. The van der Waals surface area contributed by atoms with Crippen LogP contribution in [0, 0.1) is 6.92 Å². The molecule has 2 heterocycles. The summed E-state index contributed by atoms with van der Waals surface area (Å²) in [5.74, 6) is 1.92. The van der Waals surface area contributed by atoms with E-state index in [1.165, 1.54) is 0 Å². The molecule has 0 N–H and O–H groups in total. The second kappa shape index (κ2) is 6.20. The van der Waals surface area contributed by atoms with Crippen LogP contribution in [0.15, 0.2) is 52.2 Å². The van der Waals surface area contributed by atoms with Gasteiger partial charge in [0.05, 0.1) is 21.7 Å². The molecule has 0 fully saturated rings. The molecule has 25 heavy (non-hydrogen) atoms. The molecule has 0 aliphatic carbocycles. The minimum atomic E-state index is -0.0658. The Morgan fingerprint density at radius 3 is 2.76 bits per heavy atom. The summed E-state index contributed by atoms with van der Waals surface area (Å²) in [6.45, 7) is 1.98. The van der Waals surface area contributed by atoms with Crippen LogP contribution in [-0.4, -0.2) is 19.2 Å². The van der Waals surface area contributed by atoms with Gasteiger partial charge >= 0.3 is 0 Å². The molecule has 0 radical (unpaired) electrons. The minimum absolute atomic E-state index is 0.0658. The highest BCUT2D eigenvalue weighted by Gasteiger charge is 2.15. The van der Waals surface area contributed by atoms with Gasteiger partial charge < -0.3 is 0 Å². The van der Waals surface area contributed by atoms with Crippen LogP contribution in [0.5, 0.6) is 0 Å². The van der Waals surface area contributed by atoms with Crippen molar-refractivity contribution in [2.45, 2.75) is 17.6 Å². The van der Waals surface area contributed by atoms with Crippen molar-refractivity contribution in [1.82, 2.24) is 19.2 Å². The van der Waals surface area contributed by atoms with Gasteiger partial charge in [-0.05, 0) is 31.2 Å². The molecule has 2 aromatic carbocycles. The van der Waals surface area contributed by atoms with E-state index in [1.807, 2.05) is 53.8 Å². The molecule has 0 atom stereocenters. The van der Waals surface area contributed by atoms with Crippen LogP contribution in [0.1, 0.15) is 11.4 Å². The fourth-order valence-corrected chi connectivity index (χ4v) is 4.01. The van der Waals surface area contributed by atoms with Crippen LogP contribution in [0.25, 0.3) is 16.7 Å². The Hall–Kier alpha value is -2.31. The van der Waals surface area contributed by atoms with E-state index >= 15 is 0 Å². The smallest absolute Gasteiger partial charge is 0.262 e. The summed E-state index contributed by atoms with van der Waals surface area (Å²) in [5.41, 5.74) is 1.80. The Balaban J connectivity index is 1.87. The van der Waals surface area contributed by atoms with Crippen LogP contribution >= 0.6 is 23.4 Å². The number of thioether (sulfide) groups is 1. The quantitative estimate of drug-likeness (QED) is 0.514. The van der Waals surface area contributed by atoms with Gasteiger partial charge in [-0.2, -0.15) is 0 Å². The topological polar surface area (TPSA) is 52.2 Å². The monoisotopic (exact) mass is 370 g/mol. The Kier molecular flexibility index (Phi) is 4.01. The molecule has 0 spiro atoms. The third kappa shape index (κ3) is 2.71. The Labute approximate surface area is 153 Å². The third-order valence-corrected chi connectivity index (χ3v) is 5.65.